The summed E-state index contributed by atoms with van der Waals surface area (Å²) in [4.78, 5) is 12.5. The van der Waals surface area contributed by atoms with Crippen LogP contribution >= 0.6 is 35.4 Å². The van der Waals surface area contributed by atoms with Crippen molar-refractivity contribution in [1.82, 2.24) is 0 Å². The molecule has 0 aliphatic heterocycles. The zero-order valence-corrected chi connectivity index (χ0v) is 13.4. The molecule has 0 fully saturated rings. The number of thiocarbonyl (C=S) groups is 1. The topological polar surface area (TPSA) is 55.1 Å². The molecule has 2 rings (SSSR count). The Bertz CT molecular complexity index is 714. The Hall–Kier alpha value is -1.62. The van der Waals surface area contributed by atoms with Gasteiger partial charge in [0.2, 0.25) is 0 Å². The fourth-order valence-corrected chi connectivity index (χ4v) is 2.29. The molecule has 0 radical (unpaired) electrons. The van der Waals surface area contributed by atoms with E-state index >= 15 is 0 Å². The van der Waals surface area contributed by atoms with Crippen molar-refractivity contribution in [3.05, 3.63) is 63.1 Å². The first kappa shape index (κ1) is 15.8. The molecule has 0 saturated heterocycles. The van der Waals surface area contributed by atoms with Crippen LogP contribution in [0.2, 0.25) is 10.0 Å². The van der Waals surface area contributed by atoms with Gasteiger partial charge >= 0.3 is 0 Å². The molecule has 0 unspecified atom stereocenters. The average molecular weight is 339 g/mol. The Kier molecular flexibility index (Phi) is 4.83. The van der Waals surface area contributed by atoms with E-state index in [-0.39, 0.29) is 10.9 Å². The summed E-state index contributed by atoms with van der Waals surface area (Å²) in [7, 11) is 0. The lowest BCUT2D eigenvalue weighted by Crippen LogP contribution is -2.14. The van der Waals surface area contributed by atoms with Gasteiger partial charge in [-0.25, -0.2) is 0 Å². The van der Waals surface area contributed by atoms with E-state index in [1.165, 1.54) is 0 Å². The highest BCUT2D eigenvalue weighted by atomic mass is 35.5. The fraction of sp³-hybridized carbons (Fsp3) is 0.0667. The average Bonchev–Trinajstić information content (AvgIpc) is 2.44. The van der Waals surface area contributed by atoms with Crippen LogP contribution in [0.3, 0.4) is 0 Å². The predicted octanol–water partition coefficient (Wildman–Crippen LogP) is 4.19. The van der Waals surface area contributed by atoms with Gasteiger partial charge in [0.05, 0.1) is 10.7 Å². The van der Waals surface area contributed by atoms with Gasteiger partial charge in [-0.3, -0.25) is 4.79 Å². The molecule has 1 amide bonds. The van der Waals surface area contributed by atoms with Gasteiger partial charge in [-0.15, -0.1) is 0 Å². The number of carbonyl (C=O) groups excluding carboxylic acids is 1. The minimum absolute atomic E-state index is 0.286. The van der Waals surface area contributed by atoms with Gasteiger partial charge in [0.1, 0.15) is 4.99 Å². The summed E-state index contributed by atoms with van der Waals surface area (Å²) in [5, 5.41) is 3.70. The van der Waals surface area contributed by atoms with E-state index in [2.05, 4.69) is 5.32 Å². The molecule has 6 heteroatoms. The molecular weight excluding hydrogens is 327 g/mol. The molecule has 3 nitrogen and oxygen atoms in total. The number of halogens is 2. The van der Waals surface area contributed by atoms with E-state index in [9.17, 15) is 4.79 Å². The highest BCUT2D eigenvalue weighted by Gasteiger charge is 2.10. The molecule has 0 heterocycles. The second kappa shape index (κ2) is 6.43. The Morgan fingerprint density at radius 1 is 1.10 bits per heavy atom. The summed E-state index contributed by atoms with van der Waals surface area (Å²) < 4.78 is 0. The lowest BCUT2D eigenvalue weighted by molar-refractivity contribution is 0.102. The first-order chi connectivity index (χ1) is 9.88. The van der Waals surface area contributed by atoms with Crippen LogP contribution < -0.4 is 11.1 Å². The Morgan fingerprint density at radius 3 is 2.24 bits per heavy atom. The molecule has 0 atom stereocenters. The van der Waals surface area contributed by atoms with Crippen LogP contribution in [0.25, 0.3) is 0 Å². The van der Waals surface area contributed by atoms with E-state index in [4.69, 9.17) is 41.2 Å². The van der Waals surface area contributed by atoms with Crippen molar-refractivity contribution in [3.8, 4) is 0 Å². The number of amides is 1. The largest absolute Gasteiger partial charge is 0.389 e. The number of hydrogen-bond acceptors (Lipinski definition) is 2. The monoisotopic (exact) mass is 338 g/mol. The molecule has 0 bridgehead atoms. The maximum absolute atomic E-state index is 12.2. The molecule has 3 N–H and O–H groups in total. The maximum Gasteiger partial charge on any atom is 0.255 e. The van der Waals surface area contributed by atoms with Crippen molar-refractivity contribution in [2.24, 2.45) is 5.73 Å². The number of nitrogens with one attached hydrogen (secondary N) is 1. The third kappa shape index (κ3) is 3.73. The molecule has 2 aromatic carbocycles. The smallest absolute Gasteiger partial charge is 0.255 e. The summed E-state index contributed by atoms with van der Waals surface area (Å²) in [5.74, 6) is -0.286. The van der Waals surface area contributed by atoms with E-state index in [1.807, 2.05) is 6.92 Å². The van der Waals surface area contributed by atoms with E-state index in [0.29, 0.717) is 26.9 Å². The number of carbonyl (C=O) groups is 1. The summed E-state index contributed by atoms with van der Waals surface area (Å²) in [5.41, 5.74) is 8.01. The zero-order chi connectivity index (χ0) is 15.6. The molecule has 0 aliphatic rings. The van der Waals surface area contributed by atoms with Gasteiger partial charge in [0, 0.05) is 16.1 Å². The van der Waals surface area contributed by atoms with Crippen LogP contribution in [0.5, 0.6) is 0 Å². The summed E-state index contributed by atoms with van der Waals surface area (Å²) in [6, 6.07) is 10.0. The van der Waals surface area contributed by atoms with Crippen LogP contribution in [0.4, 0.5) is 5.69 Å². The molecule has 0 saturated carbocycles. The van der Waals surface area contributed by atoms with Crippen LogP contribution in [0, 0.1) is 6.92 Å². The second-order valence-corrected chi connectivity index (χ2v) is 5.73. The number of aryl methyl sites for hydroxylation is 1. The van der Waals surface area contributed by atoms with Crippen LogP contribution in [-0.4, -0.2) is 10.9 Å². The van der Waals surface area contributed by atoms with Crippen molar-refractivity contribution >= 4 is 52.0 Å². The Labute approximate surface area is 138 Å². The van der Waals surface area contributed by atoms with Crippen molar-refractivity contribution < 1.29 is 4.79 Å². The lowest BCUT2D eigenvalue weighted by atomic mass is 10.1. The predicted molar refractivity (Wildman–Crippen MR) is 91.5 cm³/mol. The lowest BCUT2D eigenvalue weighted by Gasteiger charge is -2.09. The van der Waals surface area contributed by atoms with Crippen molar-refractivity contribution in [1.29, 1.82) is 0 Å². The van der Waals surface area contributed by atoms with Crippen LogP contribution in [0.15, 0.2) is 36.4 Å². The molecule has 2 aromatic rings. The second-order valence-electron chi connectivity index (χ2n) is 4.48. The van der Waals surface area contributed by atoms with Gasteiger partial charge < -0.3 is 11.1 Å². The number of hydrogen-bond donors (Lipinski definition) is 2. The van der Waals surface area contributed by atoms with Crippen LogP contribution in [-0.2, 0) is 0 Å². The highest BCUT2D eigenvalue weighted by molar-refractivity contribution is 7.80. The van der Waals surface area contributed by atoms with E-state index in [1.54, 1.807) is 36.4 Å². The van der Waals surface area contributed by atoms with Crippen molar-refractivity contribution in [3.63, 3.8) is 0 Å². The van der Waals surface area contributed by atoms with Gasteiger partial charge in [-0.05, 0) is 36.8 Å². The van der Waals surface area contributed by atoms with Crippen LogP contribution in [0.1, 0.15) is 21.5 Å². The molecule has 21 heavy (non-hydrogen) atoms. The third-order valence-corrected chi connectivity index (χ3v) is 3.88. The Balaban J connectivity index is 2.22. The van der Waals surface area contributed by atoms with E-state index in [0.717, 1.165) is 5.56 Å². The van der Waals surface area contributed by atoms with Gasteiger partial charge in [0.25, 0.3) is 5.91 Å². The van der Waals surface area contributed by atoms with E-state index < -0.39 is 0 Å². The molecule has 0 spiro atoms. The highest BCUT2D eigenvalue weighted by Crippen LogP contribution is 2.29. The number of nitrogens with two attached hydrogens (primary N) is 1. The summed E-state index contributed by atoms with van der Waals surface area (Å²) in [6.45, 7) is 1.84. The summed E-state index contributed by atoms with van der Waals surface area (Å²) in [6.07, 6.45) is 0. The van der Waals surface area contributed by atoms with Gasteiger partial charge in [-0.1, -0.05) is 47.6 Å². The fourth-order valence-electron chi connectivity index (χ4n) is 1.72. The van der Waals surface area contributed by atoms with Gasteiger partial charge in [-0.2, -0.15) is 0 Å². The Morgan fingerprint density at radius 2 is 1.67 bits per heavy atom. The van der Waals surface area contributed by atoms with Crippen molar-refractivity contribution in [2.75, 3.05) is 5.32 Å². The molecule has 0 aliphatic carbocycles. The zero-order valence-electron chi connectivity index (χ0n) is 11.1. The SMILES string of the molecule is Cc1cc(Cl)c(NC(=O)c2ccc(C(N)=S)cc2)cc1Cl. The third-order valence-electron chi connectivity index (χ3n) is 2.93. The van der Waals surface area contributed by atoms with Crippen molar-refractivity contribution in [2.45, 2.75) is 6.92 Å². The summed E-state index contributed by atoms with van der Waals surface area (Å²) >= 11 is 17.0. The minimum atomic E-state index is -0.286. The molecule has 108 valence electrons. The standard InChI is InChI=1S/C15H12Cl2N2OS/c1-8-6-12(17)13(7-11(8)16)19-15(20)10-4-2-9(3-5-10)14(18)21/h2-7H,1H3,(H2,18,21)(H,19,20). The first-order valence-corrected chi connectivity index (χ1v) is 7.22. The number of benzene rings is 2. The normalized spacial score (nSPS) is 10.2. The van der Waals surface area contributed by atoms with Gasteiger partial charge in [0.15, 0.2) is 0 Å². The quantitative estimate of drug-likeness (QED) is 0.825. The number of anilines is 1. The first-order valence-electron chi connectivity index (χ1n) is 6.05. The number of rotatable bonds is 3. The maximum atomic E-state index is 12.2. The molecular formula is C15H12Cl2N2OS. The minimum Gasteiger partial charge on any atom is -0.389 e. The molecule has 0 aromatic heterocycles.